The molecule has 1 aromatic heterocycles. The van der Waals surface area contributed by atoms with Gasteiger partial charge in [0.1, 0.15) is 5.54 Å². The fraction of sp³-hybridized carbons (Fsp3) is 0.294. The first-order valence-electron chi connectivity index (χ1n) is 7.67. The number of aryl methyl sites for hydroxylation is 1. The van der Waals surface area contributed by atoms with Crippen molar-refractivity contribution in [1.82, 2.24) is 10.2 Å². The molecule has 124 valence electrons. The Bertz CT molecular complexity index is 831. The Balaban J connectivity index is 1.71. The molecule has 3 amide bonds. The highest BCUT2D eigenvalue weighted by molar-refractivity contribution is 7.10. The van der Waals surface area contributed by atoms with E-state index in [-0.39, 0.29) is 12.5 Å². The number of rotatable bonds is 2. The summed E-state index contributed by atoms with van der Waals surface area (Å²) in [7, 11) is 0. The summed E-state index contributed by atoms with van der Waals surface area (Å²) in [6, 6.07) is 6.70. The Labute approximate surface area is 153 Å². The zero-order valence-electron chi connectivity index (χ0n) is 12.6. The predicted octanol–water partition coefficient (Wildman–Crippen LogP) is 4.34. The third kappa shape index (κ3) is 2.26. The zero-order chi connectivity index (χ0) is 16.9. The molecule has 1 atom stereocenters. The van der Waals surface area contributed by atoms with Crippen LogP contribution < -0.4 is 5.32 Å². The van der Waals surface area contributed by atoms with E-state index in [2.05, 4.69) is 5.32 Å². The van der Waals surface area contributed by atoms with Crippen molar-refractivity contribution in [3.63, 3.8) is 0 Å². The third-order valence-electron chi connectivity index (χ3n) is 4.71. The number of benzene rings is 1. The summed E-state index contributed by atoms with van der Waals surface area (Å²) in [5.74, 6) is -0.220. The Hall–Kier alpha value is -1.56. The molecule has 2 heterocycles. The van der Waals surface area contributed by atoms with E-state index in [1.54, 1.807) is 29.5 Å². The summed E-state index contributed by atoms with van der Waals surface area (Å²) < 4.78 is 0. The predicted molar refractivity (Wildman–Crippen MR) is 94.5 cm³/mol. The van der Waals surface area contributed by atoms with Crippen LogP contribution in [0.15, 0.2) is 29.6 Å². The first kappa shape index (κ1) is 15.9. The number of halogens is 2. The van der Waals surface area contributed by atoms with Gasteiger partial charge in [-0.05, 0) is 42.8 Å². The van der Waals surface area contributed by atoms with Crippen LogP contribution in [0.3, 0.4) is 0 Å². The topological polar surface area (TPSA) is 49.4 Å². The van der Waals surface area contributed by atoms with Crippen molar-refractivity contribution < 1.29 is 9.59 Å². The van der Waals surface area contributed by atoms with Gasteiger partial charge in [0.05, 0.1) is 6.54 Å². The van der Waals surface area contributed by atoms with E-state index in [0.29, 0.717) is 22.0 Å². The molecule has 0 saturated carbocycles. The molecule has 1 saturated heterocycles. The minimum absolute atomic E-state index is 0.0738. The third-order valence-corrected chi connectivity index (χ3v) is 6.40. The molecule has 1 N–H and O–H groups in total. The van der Waals surface area contributed by atoms with Crippen molar-refractivity contribution in [2.45, 2.75) is 31.3 Å². The second kappa shape index (κ2) is 5.76. The molecule has 7 heteroatoms. The number of hydrogen-bond acceptors (Lipinski definition) is 3. The minimum Gasteiger partial charge on any atom is -0.319 e. The first-order chi connectivity index (χ1) is 11.5. The Morgan fingerprint density at radius 3 is 2.71 bits per heavy atom. The number of carbonyl (C=O) groups is 2. The number of nitrogens with one attached hydrogen (secondary N) is 1. The van der Waals surface area contributed by atoms with Gasteiger partial charge in [0.2, 0.25) is 0 Å². The van der Waals surface area contributed by atoms with Crippen LogP contribution in [-0.4, -0.2) is 16.8 Å². The minimum atomic E-state index is -0.932. The molecule has 1 aromatic carbocycles. The van der Waals surface area contributed by atoms with E-state index in [4.69, 9.17) is 23.2 Å². The summed E-state index contributed by atoms with van der Waals surface area (Å²) in [5.41, 5.74) is 0.589. The second-order valence-electron chi connectivity index (χ2n) is 6.04. The molecule has 24 heavy (non-hydrogen) atoms. The number of urea groups is 1. The highest BCUT2D eigenvalue weighted by atomic mass is 35.5. The highest BCUT2D eigenvalue weighted by Gasteiger charge is 2.54. The van der Waals surface area contributed by atoms with Crippen LogP contribution >= 0.6 is 34.5 Å². The summed E-state index contributed by atoms with van der Waals surface area (Å²) in [6.45, 7) is 0.0738. The lowest BCUT2D eigenvalue weighted by molar-refractivity contribution is -0.132. The van der Waals surface area contributed by atoms with Crippen LogP contribution in [0.2, 0.25) is 10.0 Å². The lowest BCUT2D eigenvalue weighted by Gasteiger charge is -2.31. The molecule has 1 aliphatic carbocycles. The SMILES string of the molecule is O=C1NC2(CCCc3sccc32)C(=O)N1Cc1c(Cl)cccc1Cl. The van der Waals surface area contributed by atoms with Crippen molar-refractivity contribution in [3.8, 4) is 0 Å². The lowest BCUT2D eigenvalue weighted by atomic mass is 9.80. The van der Waals surface area contributed by atoms with Gasteiger partial charge >= 0.3 is 6.03 Å². The number of thiophene rings is 1. The van der Waals surface area contributed by atoms with Crippen molar-refractivity contribution in [2.75, 3.05) is 0 Å². The number of hydrogen-bond donors (Lipinski definition) is 1. The molecule has 0 bridgehead atoms. The fourth-order valence-corrected chi connectivity index (χ4v) is 5.04. The van der Waals surface area contributed by atoms with Gasteiger partial charge in [-0.25, -0.2) is 4.79 Å². The van der Waals surface area contributed by atoms with Gasteiger partial charge in [-0.3, -0.25) is 9.69 Å². The van der Waals surface area contributed by atoms with Crippen LogP contribution in [0.4, 0.5) is 4.79 Å². The van der Waals surface area contributed by atoms with E-state index in [1.807, 2.05) is 11.4 Å². The van der Waals surface area contributed by atoms with Gasteiger partial charge in [-0.15, -0.1) is 11.3 Å². The van der Waals surface area contributed by atoms with Crippen LogP contribution in [0.1, 0.15) is 28.8 Å². The molecule has 1 spiro atoms. The Kier molecular flexibility index (Phi) is 3.82. The Morgan fingerprint density at radius 1 is 1.21 bits per heavy atom. The molecule has 2 aliphatic rings. The van der Waals surface area contributed by atoms with Crippen LogP contribution in [-0.2, 0) is 23.3 Å². The normalized spacial score (nSPS) is 22.8. The fourth-order valence-electron chi connectivity index (χ4n) is 3.53. The number of carbonyl (C=O) groups excluding carboxylic acids is 2. The second-order valence-corrected chi connectivity index (χ2v) is 7.85. The smallest absolute Gasteiger partial charge is 0.319 e. The standard InChI is InChI=1S/C17H14Cl2N2O2S/c18-12-3-1-4-13(19)10(12)9-21-15(22)17(20-16(21)23)7-2-5-14-11(17)6-8-24-14/h1,3-4,6,8H,2,5,7,9H2,(H,20,23). The zero-order valence-corrected chi connectivity index (χ0v) is 15.0. The summed E-state index contributed by atoms with van der Waals surface area (Å²) in [4.78, 5) is 28.1. The molecular formula is C17H14Cl2N2O2S. The average Bonchev–Trinajstić information content (AvgIpc) is 3.11. The van der Waals surface area contributed by atoms with Gasteiger partial charge < -0.3 is 5.32 Å². The van der Waals surface area contributed by atoms with E-state index >= 15 is 0 Å². The molecule has 4 rings (SSSR count). The van der Waals surface area contributed by atoms with E-state index in [0.717, 1.165) is 18.4 Å². The molecule has 0 radical (unpaired) electrons. The van der Waals surface area contributed by atoms with E-state index in [9.17, 15) is 9.59 Å². The van der Waals surface area contributed by atoms with Gasteiger partial charge in [-0.2, -0.15) is 0 Å². The molecule has 1 aliphatic heterocycles. The van der Waals surface area contributed by atoms with Gasteiger partial charge in [0.15, 0.2) is 0 Å². The van der Waals surface area contributed by atoms with E-state index < -0.39 is 11.6 Å². The first-order valence-corrected chi connectivity index (χ1v) is 9.30. The largest absolute Gasteiger partial charge is 0.325 e. The molecular weight excluding hydrogens is 367 g/mol. The van der Waals surface area contributed by atoms with Gasteiger partial charge in [-0.1, -0.05) is 29.3 Å². The maximum Gasteiger partial charge on any atom is 0.325 e. The summed E-state index contributed by atoms with van der Waals surface area (Å²) in [5, 5.41) is 5.80. The number of imide groups is 1. The molecule has 1 unspecified atom stereocenters. The number of nitrogens with zero attached hydrogens (tertiary/aromatic N) is 1. The molecule has 4 nitrogen and oxygen atoms in total. The van der Waals surface area contributed by atoms with Crippen molar-refractivity contribution in [3.05, 3.63) is 55.7 Å². The molecule has 2 aromatic rings. The highest BCUT2D eigenvalue weighted by Crippen LogP contribution is 2.42. The van der Waals surface area contributed by atoms with Crippen molar-refractivity contribution in [1.29, 1.82) is 0 Å². The maximum absolute atomic E-state index is 13.1. The number of fused-ring (bicyclic) bond motifs is 2. The van der Waals surface area contributed by atoms with Crippen LogP contribution in [0.25, 0.3) is 0 Å². The maximum atomic E-state index is 13.1. The van der Waals surface area contributed by atoms with Gasteiger partial charge in [0, 0.05) is 26.0 Å². The number of amides is 3. The Morgan fingerprint density at radius 2 is 1.96 bits per heavy atom. The lowest BCUT2D eigenvalue weighted by Crippen LogP contribution is -2.46. The van der Waals surface area contributed by atoms with Gasteiger partial charge in [0.25, 0.3) is 5.91 Å². The quantitative estimate of drug-likeness (QED) is 0.787. The molecule has 1 fully saturated rings. The summed E-state index contributed by atoms with van der Waals surface area (Å²) in [6.07, 6.45) is 2.45. The van der Waals surface area contributed by atoms with Crippen LogP contribution in [0, 0.1) is 0 Å². The van der Waals surface area contributed by atoms with Crippen molar-refractivity contribution >= 4 is 46.5 Å². The monoisotopic (exact) mass is 380 g/mol. The van der Waals surface area contributed by atoms with Crippen LogP contribution in [0.5, 0.6) is 0 Å². The van der Waals surface area contributed by atoms with E-state index in [1.165, 1.54) is 9.78 Å². The average molecular weight is 381 g/mol. The summed E-state index contributed by atoms with van der Waals surface area (Å²) >= 11 is 14.0. The van der Waals surface area contributed by atoms with Crippen molar-refractivity contribution in [2.24, 2.45) is 0 Å².